The van der Waals surface area contributed by atoms with Crippen LogP contribution in [0.1, 0.15) is 16.7 Å². The first kappa shape index (κ1) is 18.5. The van der Waals surface area contributed by atoms with Crippen molar-refractivity contribution >= 4 is 23.2 Å². The highest BCUT2D eigenvalue weighted by Gasteiger charge is 2.11. The lowest BCUT2D eigenvalue weighted by molar-refractivity contribution is -0.112. The van der Waals surface area contributed by atoms with E-state index in [1.165, 1.54) is 6.20 Å². The summed E-state index contributed by atoms with van der Waals surface area (Å²) in [5.74, 6) is -0.490. The van der Waals surface area contributed by atoms with Gasteiger partial charge in [0.1, 0.15) is 11.6 Å². The second-order valence-electron chi connectivity index (χ2n) is 5.49. The van der Waals surface area contributed by atoms with Gasteiger partial charge in [-0.25, -0.2) is 0 Å². The Bertz CT molecular complexity index is 840. The van der Waals surface area contributed by atoms with Crippen molar-refractivity contribution in [2.45, 2.75) is 20.0 Å². The minimum atomic E-state index is -0.490. The number of hydrogen-bond acceptors (Lipinski definition) is 4. The van der Waals surface area contributed by atoms with Gasteiger partial charge < -0.3 is 16.4 Å². The molecule has 4 N–H and O–H groups in total. The second-order valence-corrected chi connectivity index (χ2v) is 5.92. The molecular formula is C19H19ClN4O. The van der Waals surface area contributed by atoms with Gasteiger partial charge >= 0.3 is 0 Å². The first-order valence-corrected chi connectivity index (χ1v) is 8.10. The third-order valence-electron chi connectivity index (χ3n) is 3.59. The molecule has 2 aromatic rings. The Morgan fingerprint density at radius 3 is 2.76 bits per heavy atom. The van der Waals surface area contributed by atoms with E-state index in [4.69, 9.17) is 17.3 Å². The van der Waals surface area contributed by atoms with E-state index in [9.17, 15) is 10.1 Å². The molecule has 0 heterocycles. The van der Waals surface area contributed by atoms with Gasteiger partial charge in [0.2, 0.25) is 0 Å². The summed E-state index contributed by atoms with van der Waals surface area (Å²) in [6.07, 6.45) is 1.41. The van der Waals surface area contributed by atoms with Gasteiger partial charge in [-0.2, -0.15) is 5.26 Å². The molecule has 0 bridgehead atoms. The SMILES string of the molecule is Cc1ccc(Cl)cc1NC(=O)/C(C#N)=C\NCc1cccc(CN)c1. The quantitative estimate of drug-likeness (QED) is 0.548. The molecule has 0 aliphatic rings. The fourth-order valence-electron chi connectivity index (χ4n) is 2.20. The topological polar surface area (TPSA) is 90.9 Å². The van der Waals surface area contributed by atoms with Gasteiger partial charge in [-0.15, -0.1) is 0 Å². The van der Waals surface area contributed by atoms with Crippen LogP contribution >= 0.6 is 11.6 Å². The van der Waals surface area contributed by atoms with E-state index in [0.717, 1.165) is 16.7 Å². The van der Waals surface area contributed by atoms with Crippen molar-refractivity contribution in [3.8, 4) is 6.07 Å². The summed E-state index contributed by atoms with van der Waals surface area (Å²) >= 11 is 5.94. The van der Waals surface area contributed by atoms with Crippen molar-refractivity contribution < 1.29 is 4.79 Å². The summed E-state index contributed by atoms with van der Waals surface area (Å²) in [7, 11) is 0. The number of amides is 1. The van der Waals surface area contributed by atoms with Crippen LogP contribution < -0.4 is 16.4 Å². The number of carbonyl (C=O) groups is 1. The first-order valence-electron chi connectivity index (χ1n) is 7.72. The number of rotatable bonds is 6. The third kappa shape index (κ3) is 5.35. The van der Waals surface area contributed by atoms with Gasteiger partial charge in [-0.1, -0.05) is 41.9 Å². The molecule has 5 nitrogen and oxygen atoms in total. The molecule has 0 saturated heterocycles. The van der Waals surface area contributed by atoms with Crippen molar-refractivity contribution in [2.75, 3.05) is 5.32 Å². The van der Waals surface area contributed by atoms with Crippen molar-refractivity contribution in [3.63, 3.8) is 0 Å². The Hall–Kier alpha value is -2.81. The van der Waals surface area contributed by atoms with E-state index in [0.29, 0.717) is 23.8 Å². The van der Waals surface area contributed by atoms with Crippen LogP contribution in [0, 0.1) is 18.3 Å². The van der Waals surface area contributed by atoms with Crippen LogP contribution in [0.4, 0.5) is 5.69 Å². The van der Waals surface area contributed by atoms with E-state index in [2.05, 4.69) is 10.6 Å². The van der Waals surface area contributed by atoms with Gasteiger partial charge in [-0.3, -0.25) is 4.79 Å². The van der Waals surface area contributed by atoms with E-state index < -0.39 is 5.91 Å². The van der Waals surface area contributed by atoms with E-state index in [1.54, 1.807) is 18.2 Å². The van der Waals surface area contributed by atoms with Crippen LogP contribution in [0.25, 0.3) is 0 Å². The Morgan fingerprint density at radius 2 is 2.04 bits per heavy atom. The van der Waals surface area contributed by atoms with Crippen LogP contribution in [-0.4, -0.2) is 5.91 Å². The zero-order valence-electron chi connectivity index (χ0n) is 13.8. The standard InChI is InChI=1S/C19H19ClN4O/c1-13-5-6-17(20)8-18(13)24-19(25)16(10-22)12-23-11-15-4-2-3-14(7-15)9-21/h2-8,12,23H,9,11,21H2,1H3,(H,24,25)/b16-12-. The van der Waals surface area contributed by atoms with Crippen LogP contribution in [0.5, 0.6) is 0 Å². The molecule has 1 amide bonds. The summed E-state index contributed by atoms with van der Waals surface area (Å²) in [6, 6.07) is 14.9. The maximum absolute atomic E-state index is 12.2. The number of benzene rings is 2. The number of nitriles is 1. The van der Waals surface area contributed by atoms with Crippen molar-refractivity contribution in [2.24, 2.45) is 5.73 Å². The molecule has 0 aliphatic heterocycles. The highest BCUT2D eigenvalue weighted by molar-refractivity contribution is 6.31. The lowest BCUT2D eigenvalue weighted by Crippen LogP contribution is -2.17. The predicted octanol–water partition coefficient (Wildman–Crippen LogP) is 3.24. The molecular weight excluding hydrogens is 336 g/mol. The summed E-state index contributed by atoms with van der Waals surface area (Å²) in [5.41, 5.74) is 9.08. The molecule has 0 atom stereocenters. The molecule has 25 heavy (non-hydrogen) atoms. The maximum atomic E-state index is 12.2. The Morgan fingerprint density at radius 1 is 1.28 bits per heavy atom. The molecule has 0 radical (unpaired) electrons. The number of nitrogens with zero attached hydrogens (tertiary/aromatic N) is 1. The lowest BCUT2D eigenvalue weighted by atomic mass is 10.1. The largest absolute Gasteiger partial charge is 0.386 e. The van der Waals surface area contributed by atoms with E-state index in [1.807, 2.05) is 37.3 Å². The van der Waals surface area contributed by atoms with E-state index >= 15 is 0 Å². The number of nitrogens with one attached hydrogen (secondary N) is 2. The van der Waals surface area contributed by atoms with Crippen molar-refractivity contribution in [1.29, 1.82) is 5.26 Å². The monoisotopic (exact) mass is 354 g/mol. The zero-order chi connectivity index (χ0) is 18.2. The van der Waals surface area contributed by atoms with Crippen LogP contribution in [0.2, 0.25) is 5.02 Å². The number of hydrogen-bond donors (Lipinski definition) is 3. The lowest BCUT2D eigenvalue weighted by Gasteiger charge is -2.09. The molecule has 0 saturated carbocycles. The highest BCUT2D eigenvalue weighted by atomic mass is 35.5. The Labute approximate surface area is 152 Å². The summed E-state index contributed by atoms with van der Waals surface area (Å²) in [6.45, 7) is 2.81. The van der Waals surface area contributed by atoms with Gasteiger partial charge in [0.25, 0.3) is 5.91 Å². The van der Waals surface area contributed by atoms with Crippen molar-refractivity contribution in [1.82, 2.24) is 5.32 Å². The second kappa shape index (κ2) is 8.88. The summed E-state index contributed by atoms with van der Waals surface area (Å²) in [5, 5.41) is 15.4. The smallest absolute Gasteiger partial charge is 0.267 e. The van der Waals surface area contributed by atoms with Gasteiger partial charge in [0, 0.05) is 30.0 Å². The minimum Gasteiger partial charge on any atom is -0.386 e. The molecule has 6 heteroatoms. The van der Waals surface area contributed by atoms with Gasteiger partial charge in [0.05, 0.1) is 0 Å². The number of nitrogens with two attached hydrogens (primary N) is 1. The fraction of sp³-hybridized carbons (Fsp3) is 0.158. The minimum absolute atomic E-state index is 0.0191. The van der Waals surface area contributed by atoms with Gasteiger partial charge in [-0.05, 0) is 35.7 Å². The van der Waals surface area contributed by atoms with Crippen LogP contribution in [0.3, 0.4) is 0 Å². The third-order valence-corrected chi connectivity index (χ3v) is 3.83. The van der Waals surface area contributed by atoms with E-state index in [-0.39, 0.29) is 5.57 Å². The van der Waals surface area contributed by atoms with Crippen LogP contribution in [-0.2, 0) is 17.9 Å². The average Bonchev–Trinajstić information content (AvgIpc) is 2.62. The fourth-order valence-corrected chi connectivity index (χ4v) is 2.38. The van der Waals surface area contributed by atoms with Crippen LogP contribution in [0.15, 0.2) is 54.2 Å². The average molecular weight is 355 g/mol. The number of carbonyl (C=O) groups excluding carboxylic acids is 1. The number of aryl methyl sites for hydroxylation is 1. The first-order chi connectivity index (χ1) is 12.0. The molecule has 0 aromatic heterocycles. The molecule has 0 fully saturated rings. The normalized spacial score (nSPS) is 10.9. The van der Waals surface area contributed by atoms with Crippen molar-refractivity contribution in [3.05, 3.63) is 76.0 Å². The number of halogens is 1. The Kier molecular flexibility index (Phi) is 6.58. The molecule has 0 spiro atoms. The molecule has 2 rings (SSSR count). The highest BCUT2D eigenvalue weighted by Crippen LogP contribution is 2.20. The molecule has 2 aromatic carbocycles. The number of anilines is 1. The maximum Gasteiger partial charge on any atom is 0.267 e. The predicted molar refractivity (Wildman–Crippen MR) is 99.7 cm³/mol. The molecule has 0 aliphatic carbocycles. The zero-order valence-corrected chi connectivity index (χ0v) is 14.6. The summed E-state index contributed by atoms with van der Waals surface area (Å²) < 4.78 is 0. The van der Waals surface area contributed by atoms with Gasteiger partial charge in [0.15, 0.2) is 0 Å². The molecule has 0 unspecified atom stereocenters. The Balaban J connectivity index is 2.02. The summed E-state index contributed by atoms with van der Waals surface area (Å²) in [4.78, 5) is 12.2. The molecule has 128 valence electrons.